The number of ether oxygens (including phenoxy) is 3. The topological polar surface area (TPSA) is 112 Å². The number of hydrogen-bond donors (Lipinski definition) is 1. The number of rotatable bonds is 7. The molecule has 8 nitrogen and oxygen atoms in total. The summed E-state index contributed by atoms with van der Waals surface area (Å²) in [7, 11) is 0. The second-order valence-electron chi connectivity index (χ2n) is 6.80. The van der Waals surface area contributed by atoms with Crippen LogP contribution in [-0.2, 0) is 17.0 Å². The van der Waals surface area contributed by atoms with Crippen molar-refractivity contribution >= 4 is 34.1 Å². The van der Waals surface area contributed by atoms with Gasteiger partial charge in [0.05, 0.1) is 24.1 Å². The van der Waals surface area contributed by atoms with Gasteiger partial charge in [0.1, 0.15) is 29.2 Å². The maximum Gasteiger partial charge on any atom is 0.348 e. The molecule has 10 heteroatoms. The van der Waals surface area contributed by atoms with Crippen molar-refractivity contribution in [1.82, 2.24) is 9.55 Å². The molecule has 0 aliphatic carbocycles. The molecule has 1 aliphatic rings. The highest BCUT2D eigenvalue weighted by atomic mass is 32.2. The number of thioether (sulfide) groups is 1. The molecule has 0 saturated heterocycles. The van der Waals surface area contributed by atoms with Crippen molar-refractivity contribution in [1.29, 1.82) is 5.26 Å². The van der Waals surface area contributed by atoms with Gasteiger partial charge in [-0.1, -0.05) is 11.8 Å². The number of benzene rings is 1. The highest BCUT2D eigenvalue weighted by Crippen LogP contribution is 2.38. The Kier molecular flexibility index (Phi) is 6.58. The minimum absolute atomic E-state index is 0.254. The third-order valence-electron chi connectivity index (χ3n) is 4.93. The van der Waals surface area contributed by atoms with Crippen LogP contribution in [-0.4, -0.2) is 35.3 Å². The minimum Gasteiger partial charge on any atom is -0.486 e. The summed E-state index contributed by atoms with van der Waals surface area (Å²) in [4.78, 5) is 17.3. The van der Waals surface area contributed by atoms with Crippen LogP contribution in [0.3, 0.4) is 0 Å². The summed E-state index contributed by atoms with van der Waals surface area (Å²) in [6.07, 6.45) is 1.82. The summed E-state index contributed by atoms with van der Waals surface area (Å²) in [6.45, 7) is 5.81. The van der Waals surface area contributed by atoms with E-state index in [4.69, 9.17) is 19.9 Å². The zero-order valence-electron chi connectivity index (χ0n) is 17.7. The van der Waals surface area contributed by atoms with Gasteiger partial charge in [0.25, 0.3) is 0 Å². The van der Waals surface area contributed by atoms with Crippen LogP contribution in [0.5, 0.6) is 11.5 Å². The quantitative estimate of drug-likeness (QED) is 0.401. The van der Waals surface area contributed by atoms with Crippen LogP contribution in [0.4, 0.5) is 5.00 Å². The lowest BCUT2D eigenvalue weighted by atomic mass is 10.1. The first kappa shape index (κ1) is 22.0. The van der Waals surface area contributed by atoms with Crippen LogP contribution in [0, 0.1) is 11.3 Å². The van der Waals surface area contributed by atoms with Crippen LogP contribution in [0.25, 0.3) is 11.3 Å². The fourth-order valence-electron chi connectivity index (χ4n) is 3.46. The van der Waals surface area contributed by atoms with E-state index >= 15 is 0 Å². The molecule has 0 radical (unpaired) electrons. The zero-order valence-corrected chi connectivity index (χ0v) is 19.3. The lowest BCUT2D eigenvalue weighted by Gasteiger charge is -2.19. The number of carbonyl (C=O) groups is 1. The van der Waals surface area contributed by atoms with Gasteiger partial charge in [0.15, 0.2) is 16.7 Å². The monoisotopic (exact) mass is 470 g/mol. The molecule has 0 fully saturated rings. The van der Waals surface area contributed by atoms with E-state index in [1.165, 1.54) is 11.8 Å². The van der Waals surface area contributed by atoms with Gasteiger partial charge in [-0.25, -0.2) is 9.78 Å². The normalized spacial score (nSPS) is 12.4. The van der Waals surface area contributed by atoms with E-state index in [0.717, 1.165) is 39.2 Å². The van der Waals surface area contributed by atoms with E-state index in [0.29, 0.717) is 46.5 Å². The molecule has 2 N–H and O–H groups in total. The van der Waals surface area contributed by atoms with Gasteiger partial charge in [0.2, 0.25) is 0 Å². The number of anilines is 1. The number of hydrogen-bond acceptors (Lipinski definition) is 9. The lowest BCUT2D eigenvalue weighted by Crippen LogP contribution is -2.15. The number of nitrogens with zero attached hydrogens (tertiary/aromatic N) is 3. The maximum absolute atomic E-state index is 12.4. The Hall–Kier alpha value is -3.16. The minimum atomic E-state index is -0.461. The average Bonchev–Trinajstić information content (AvgIpc) is 3.37. The number of fused-ring (bicyclic) bond motifs is 1. The molecule has 0 amide bonds. The first-order chi connectivity index (χ1) is 15.6. The van der Waals surface area contributed by atoms with Crippen molar-refractivity contribution in [2.24, 2.45) is 0 Å². The fourth-order valence-corrected chi connectivity index (χ4v) is 5.55. The van der Waals surface area contributed by atoms with Crippen molar-refractivity contribution in [3.63, 3.8) is 0 Å². The predicted molar refractivity (Wildman–Crippen MR) is 123 cm³/mol. The zero-order chi connectivity index (χ0) is 22.7. The Bertz CT molecular complexity index is 1200. The third kappa shape index (κ3) is 4.13. The number of imidazole rings is 1. The van der Waals surface area contributed by atoms with Gasteiger partial charge in [-0.05, 0) is 32.0 Å². The summed E-state index contributed by atoms with van der Waals surface area (Å²) < 4.78 is 18.5. The van der Waals surface area contributed by atoms with Crippen molar-refractivity contribution in [3.8, 4) is 28.8 Å². The van der Waals surface area contributed by atoms with Crippen molar-refractivity contribution < 1.29 is 19.0 Å². The lowest BCUT2D eigenvalue weighted by molar-refractivity contribution is 0.0531. The van der Waals surface area contributed by atoms with Crippen LogP contribution in [0.2, 0.25) is 0 Å². The molecule has 3 heterocycles. The van der Waals surface area contributed by atoms with Crippen LogP contribution in [0.1, 0.15) is 34.6 Å². The van der Waals surface area contributed by atoms with E-state index in [9.17, 15) is 10.1 Å². The average molecular weight is 471 g/mol. The molecule has 3 aromatic rings. The first-order valence-electron chi connectivity index (χ1n) is 10.1. The molecule has 0 unspecified atom stereocenters. The Morgan fingerprint density at radius 1 is 1.34 bits per heavy atom. The van der Waals surface area contributed by atoms with E-state index in [-0.39, 0.29) is 6.61 Å². The fraction of sp³-hybridized carbons (Fsp3) is 0.318. The van der Waals surface area contributed by atoms with Crippen LogP contribution in [0.15, 0.2) is 29.6 Å². The summed E-state index contributed by atoms with van der Waals surface area (Å²) in [5, 5.41) is 10.6. The summed E-state index contributed by atoms with van der Waals surface area (Å²) in [5.74, 6) is 1.38. The molecule has 0 spiro atoms. The largest absolute Gasteiger partial charge is 0.486 e. The Morgan fingerprint density at radius 2 is 2.12 bits per heavy atom. The highest BCUT2D eigenvalue weighted by molar-refractivity contribution is 7.98. The molecule has 1 aromatic carbocycles. The summed E-state index contributed by atoms with van der Waals surface area (Å²) in [5.41, 5.74) is 8.82. The smallest absolute Gasteiger partial charge is 0.348 e. The molecular formula is C22H22N4O4S2. The Labute approximate surface area is 193 Å². The van der Waals surface area contributed by atoms with E-state index in [1.54, 1.807) is 6.92 Å². The molecule has 0 saturated carbocycles. The van der Waals surface area contributed by atoms with Crippen molar-refractivity contribution in [3.05, 3.63) is 40.4 Å². The number of carbonyl (C=O) groups excluding carboxylic acids is 1. The van der Waals surface area contributed by atoms with Crippen LogP contribution < -0.4 is 15.2 Å². The second kappa shape index (κ2) is 9.54. The number of esters is 1. The molecule has 0 atom stereocenters. The Balaban J connectivity index is 1.62. The predicted octanol–water partition coefficient (Wildman–Crippen LogP) is 4.33. The number of thiophene rings is 1. The third-order valence-corrected chi connectivity index (χ3v) is 6.98. The molecule has 2 aromatic heterocycles. The van der Waals surface area contributed by atoms with Gasteiger partial charge >= 0.3 is 5.97 Å². The second-order valence-corrected chi connectivity index (χ2v) is 8.79. The molecule has 0 bridgehead atoms. The van der Waals surface area contributed by atoms with Crippen molar-refractivity contribution in [2.45, 2.75) is 31.3 Å². The van der Waals surface area contributed by atoms with E-state index < -0.39 is 5.97 Å². The molecule has 1 aliphatic heterocycles. The number of nitrogens with two attached hydrogens (primary N) is 1. The van der Waals surface area contributed by atoms with Crippen molar-refractivity contribution in [2.75, 3.05) is 25.6 Å². The standard InChI is InChI=1S/C22H22N4O4S2/c1-3-26-16(13-5-6-17-18(9-13)30-8-7-29-17)11-25-22(26)31-12-15-14(10-23)20(24)32-19(15)21(27)28-4-2/h5-6,9,11H,3-4,7-8,12,24H2,1-2H3. The number of aromatic nitrogens is 2. The van der Waals surface area contributed by atoms with E-state index in [1.807, 2.05) is 31.3 Å². The maximum atomic E-state index is 12.4. The number of nitriles is 1. The van der Waals surface area contributed by atoms with Gasteiger partial charge in [0, 0.05) is 23.4 Å². The summed E-state index contributed by atoms with van der Waals surface area (Å²) >= 11 is 2.54. The molecule has 166 valence electrons. The van der Waals surface area contributed by atoms with Gasteiger partial charge in [-0.3, -0.25) is 0 Å². The van der Waals surface area contributed by atoms with Gasteiger partial charge < -0.3 is 24.5 Å². The molecule has 32 heavy (non-hydrogen) atoms. The SMILES string of the molecule is CCOC(=O)c1sc(N)c(C#N)c1CSc1ncc(-c2ccc3c(c2)OCCO3)n1CC. The van der Waals surface area contributed by atoms with Gasteiger partial charge in [-0.2, -0.15) is 5.26 Å². The first-order valence-corrected chi connectivity index (χ1v) is 11.9. The molecular weight excluding hydrogens is 448 g/mol. The van der Waals surface area contributed by atoms with E-state index in [2.05, 4.69) is 15.6 Å². The van der Waals surface area contributed by atoms with Gasteiger partial charge in [-0.15, -0.1) is 11.3 Å². The van der Waals surface area contributed by atoms with Crippen LogP contribution >= 0.6 is 23.1 Å². The highest BCUT2D eigenvalue weighted by Gasteiger charge is 2.24. The Morgan fingerprint density at radius 3 is 2.84 bits per heavy atom. The summed E-state index contributed by atoms with van der Waals surface area (Å²) in [6, 6.07) is 7.96. The number of nitrogen functional groups attached to an aromatic ring is 1. The molecule has 4 rings (SSSR count).